The molecular weight excluding hydrogens is 248 g/mol. The molecule has 0 bridgehead atoms. The Bertz CT molecular complexity index is 514. The number of nitrogens with one attached hydrogen (secondary N) is 2. The van der Waals surface area contributed by atoms with Crippen LogP contribution >= 0.6 is 11.6 Å². The summed E-state index contributed by atoms with van der Waals surface area (Å²) in [5.41, 5.74) is 3.35. The van der Waals surface area contributed by atoms with Gasteiger partial charge in [0.1, 0.15) is 0 Å². The highest BCUT2D eigenvalue weighted by molar-refractivity contribution is 6.30. The second-order valence-electron chi connectivity index (χ2n) is 4.37. The molecular formula is C13H15ClN4. The summed E-state index contributed by atoms with van der Waals surface area (Å²) >= 11 is 5.92. The van der Waals surface area contributed by atoms with Crippen molar-refractivity contribution in [1.29, 1.82) is 0 Å². The lowest BCUT2D eigenvalue weighted by atomic mass is 10.1. The van der Waals surface area contributed by atoms with Crippen molar-refractivity contribution >= 4 is 17.3 Å². The van der Waals surface area contributed by atoms with E-state index in [0.717, 1.165) is 42.5 Å². The van der Waals surface area contributed by atoms with Gasteiger partial charge in [0.2, 0.25) is 0 Å². The van der Waals surface area contributed by atoms with Gasteiger partial charge in [0.25, 0.3) is 0 Å². The zero-order chi connectivity index (χ0) is 12.4. The minimum atomic E-state index is 0.752. The highest BCUT2D eigenvalue weighted by Crippen LogP contribution is 2.29. The molecule has 2 heterocycles. The SMILES string of the molecule is Clc1ccc(-c2[nH]ncc2N2CCNCC2)cc1. The predicted molar refractivity (Wildman–Crippen MR) is 74.1 cm³/mol. The Hall–Kier alpha value is -1.52. The van der Waals surface area contributed by atoms with Crippen LogP contribution in [0.2, 0.25) is 5.02 Å². The minimum Gasteiger partial charge on any atom is -0.366 e. The van der Waals surface area contributed by atoms with Crippen LogP contribution in [0.15, 0.2) is 30.5 Å². The third-order valence-corrected chi connectivity index (χ3v) is 3.46. The van der Waals surface area contributed by atoms with Crippen LogP contribution in [0.1, 0.15) is 0 Å². The topological polar surface area (TPSA) is 44.0 Å². The first-order valence-electron chi connectivity index (χ1n) is 6.09. The first kappa shape index (κ1) is 11.6. The summed E-state index contributed by atoms with van der Waals surface area (Å²) < 4.78 is 0. The van der Waals surface area contributed by atoms with Crippen LogP contribution in [0.25, 0.3) is 11.3 Å². The molecule has 1 fully saturated rings. The Morgan fingerprint density at radius 1 is 1.11 bits per heavy atom. The third kappa shape index (κ3) is 2.21. The quantitative estimate of drug-likeness (QED) is 0.872. The average Bonchev–Trinajstić information content (AvgIpc) is 2.90. The molecule has 4 nitrogen and oxygen atoms in total. The van der Waals surface area contributed by atoms with Gasteiger partial charge in [0.05, 0.1) is 17.6 Å². The number of benzene rings is 1. The molecule has 2 N–H and O–H groups in total. The molecule has 3 rings (SSSR count). The van der Waals surface area contributed by atoms with E-state index in [1.807, 2.05) is 30.5 Å². The molecule has 1 saturated heterocycles. The zero-order valence-electron chi connectivity index (χ0n) is 9.99. The fraction of sp³-hybridized carbons (Fsp3) is 0.308. The Morgan fingerprint density at radius 3 is 2.56 bits per heavy atom. The Morgan fingerprint density at radius 2 is 1.83 bits per heavy atom. The molecule has 18 heavy (non-hydrogen) atoms. The number of aromatic nitrogens is 2. The molecule has 5 heteroatoms. The molecule has 0 unspecified atom stereocenters. The largest absolute Gasteiger partial charge is 0.366 e. The second-order valence-corrected chi connectivity index (χ2v) is 4.81. The van der Waals surface area contributed by atoms with Crippen molar-refractivity contribution in [2.24, 2.45) is 0 Å². The summed E-state index contributed by atoms with van der Waals surface area (Å²) in [5.74, 6) is 0. The number of piperazine rings is 1. The van der Waals surface area contributed by atoms with Gasteiger partial charge in [-0.25, -0.2) is 0 Å². The summed E-state index contributed by atoms with van der Waals surface area (Å²) in [4.78, 5) is 2.35. The standard InChI is InChI=1S/C13H15ClN4/c14-11-3-1-10(2-4-11)13-12(9-16-17-13)18-7-5-15-6-8-18/h1-4,9,15H,5-8H2,(H,16,17). The molecule has 0 amide bonds. The van der Waals surface area contributed by atoms with E-state index in [2.05, 4.69) is 20.4 Å². The van der Waals surface area contributed by atoms with E-state index in [9.17, 15) is 0 Å². The van der Waals surface area contributed by atoms with Crippen molar-refractivity contribution in [1.82, 2.24) is 15.5 Å². The first-order chi connectivity index (χ1) is 8.84. The van der Waals surface area contributed by atoms with Crippen molar-refractivity contribution in [3.05, 3.63) is 35.5 Å². The van der Waals surface area contributed by atoms with Crippen molar-refractivity contribution in [2.75, 3.05) is 31.1 Å². The monoisotopic (exact) mass is 262 g/mol. The van der Waals surface area contributed by atoms with Crippen molar-refractivity contribution < 1.29 is 0 Å². The Labute approximate surface area is 111 Å². The van der Waals surface area contributed by atoms with E-state index in [-0.39, 0.29) is 0 Å². The van der Waals surface area contributed by atoms with Gasteiger partial charge in [-0.1, -0.05) is 23.7 Å². The van der Waals surface area contributed by atoms with Crippen molar-refractivity contribution in [3.63, 3.8) is 0 Å². The van der Waals surface area contributed by atoms with Crippen LogP contribution in [-0.4, -0.2) is 36.4 Å². The molecule has 1 aliphatic heterocycles. The van der Waals surface area contributed by atoms with Gasteiger partial charge in [-0.05, 0) is 12.1 Å². The van der Waals surface area contributed by atoms with E-state index < -0.39 is 0 Å². The molecule has 1 aromatic carbocycles. The lowest BCUT2D eigenvalue weighted by Gasteiger charge is -2.29. The summed E-state index contributed by atoms with van der Waals surface area (Å²) in [6.45, 7) is 4.07. The van der Waals surface area contributed by atoms with Gasteiger partial charge in [-0.2, -0.15) is 5.10 Å². The molecule has 0 spiro atoms. The maximum absolute atomic E-state index is 5.92. The van der Waals surface area contributed by atoms with Gasteiger partial charge in [0.15, 0.2) is 0 Å². The fourth-order valence-corrected chi connectivity index (χ4v) is 2.38. The van der Waals surface area contributed by atoms with Gasteiger partial charge in [-0.15, -0.1) is 0 Å². The molecule has 1 aromatic heterocycles. The molecule has 1 aliphatic rings. The number of H-pyrrole nitrogens is 1. The number of halogens is 1. The number of aromatic amines is 1. The summed E-state index contributed by atoms with van der Waals surface area (Å²) in [6.07, 6.45) is 1.90. The van der Waals surface area contributed by atoms with Gasteiger partial charge < -0.3 is 10.2 Å². The number of hydrogen-bond acceptors (Lipinski definition) is 3. The van der Waals surface area contributed by atoms with Gasteiger partial charge in [0, 0.05) is 36.8 Å². The smallest absolute Gasteiger partial charge is 0.0884 e. The van der Waals surface area contributed by atoms with Gasteiger partial charge in [-0.3, -0.25) is 5.10 Å². The molecule has 0 atom stereocenters. The van der Waals surface area contributed by atoms with Gasteiger partial charge >= 0.3 is 0 Å². The van der Waals surface area contributed by atoms with Crippen LogP contribution in [0.5, 0.6) is 0 Å². The van der Waals surface area contributed by atoms with E-state index >= 15 is 0 Å². The lowest BCUT2D eigenvalue weighted by molar-refractivity contribution is 0.589. The summed E-state index contributed by atoms with van der Waals surface area (Å²) in [6, 6.07) is 7.83. The normalized spacial score (nSPS) is 15.9. The average molecular weight is 263 g/mol. The maximum Gasteiger partial charge on any atom is 0.0884 e. The van der Waals surface area contributed by atoms with Crippen molar-refractivity contribution in [2.45, 2.75) is 0 Å². The molecule has 0 radical (unpaired) electrons. The molecule has 0 aliphatic carbocycles. The fourth-order valence-electron chi connectivity index (χ4n) is 2.25. The molecule has 0 saturated carbocycles. The second kappa shape index (κ2) is 5.00. The molecule has 2 aromatic rings. The summed E-state index contributed by atoms with van der Waals surface area (Å²) in [5, 5.41) is 11.4. The van der Waals surface area contributed by atoms with Crippen LogP contribution in [0.3, 0.4) is 0 Å². The van der Waals surface area contributed by atoms with Crippen LogP contribution in [-0.2, 0) is 0 Å². The highest BCUT2D eigenvalue weighted by atomic mass is 35.5. The number of rotatable bonds is 2. The molecule has 94 valence electrons. The lowest BCUT2D eigenvalue weighted by Crippen LogP contribution is -2.43. The number of anilines is 1. The van der Waals surface area contributed by atoms with E-state index in [1.54, 1.807) is 0 Å². The highest BCUT2D eigenvalue weighted by Gasteiger charge is 2.16. The minimum absolute atomic E-state index is 0.752. The first-order valence-corrected chi connectivity index (χ1v) is 6.47. The van der Waals surface area contributed by atoms with Crippen LogP contribution in [0, 0.1) is 0 Å². The number of hydrogen-bond donors (Lipinski definition) is 2. The zero-order valence-corrected chi connectivity index (χ0v) is 10.7. The van der Waals surface area contributed by atoms with Crippen LogP contribution < -0.4 is 10.2 Å². The Kier molecular flexibility index (Phi) is 3.21. The van der Waals surface area contributed by atoms with E-state index in [1.165, 1.54) is 5.69 Å². The number of nitrogens with zero attached hydrogens (tertiary/aromatic N) is 2. The van der Waals surface area contributed by atoms with Crippen molar-refractivity contribution in [3.8, 4) is 11.3 Å². The Balaban J connectivity index is 1.93. The van der Waals surface area contributed by atoms with E-state index in [0.29, 0.717) is 0 Å². The van der Waals surface area contributed by atoms with Crippen LogP contribution in [0.4, 0.5) is 5.69 Å². The predicted octanol–water partition coefficient (Wildman–Crippen LogP) is 2.14. The van der Waals surface area contributed by atoms with E-state index in [4.69, 9.17) is 11.6 Å². The third-order valence-electron chi connectivity index (χ3n) is 3.21. The maximum atomic E-state index is 5.92. The summed E-state index contributed by atoms with van der Waals surface area (Å²) in [7, 11) is 0.